The Labute approximate surface area is 156 Å². The number of carbonyl (C=O) groups excluding carboxylic acids is 1. The number of unbranched alkanes of at least 4 members (excludes halogenated alkanes) is 3. The van der Waals surface area contributed by atoms with Gasteiger partial charge in [-0.1, -0.05) is 32.6 Å². The first kappa shape index (κ1) is 21.8. The molecule has 0 saturated heterocycles. The number of hydrogen-bond donors (Lipinski definition) is 2. The Morgan fingerprint density at radius 1 is 1.23 bits per heavy atom. The minimum Gasteiger partial charge on any atom is -0.497 e. The topological polar surface area (TPSA) is 91.6 Å². The summed E-state index contributed by atoms with van der Waals surface area (Å²) in [6, 6.07) is 8.22. The smallest absolute Gasteiger partial charge is 0.328 e. The maximum Gasteiger partial charge on any atom is 0.328 e. The molecule has 2 N–H and O–H groups in total. The fraction of sp³-hybridized carbons (Fsp3) is 0.600. The first-order chi connectivity index (χ1) is 12.6. The molecule has 0 bridgehead atoms. The molecule has 26 heavy (non-hydrogen) atoms. The number of nitriles is 1. The van der Waals surface area contributed by atoms with E-state index in [4.69, 9.17) is 9.47 Å². The summed E-state index contributed by atoms with van der Waals surface area (Å²) in [5.41, 5.74) is 0.701. The number of esters is 1. The van der Waals surface area contributed by atoms with Crippen molar-refractivity contribution >= 4 is 11.7 Å². The predicted octanol–water partition coefficient (Wildman–Crippen LogP) is 3.51. The van der Waals surface area contributed by atoms with Crippen molar-refractivity contribution in [3.8, 4) is 11.8 Å². The number of ether oxygens (including phenoxy) is 2. The molecule has 6 heteroatoms. The molecule has 6 nitrogen and oxygen atoms in total. The van der Waals surface area contributed by atoms with Gasteiger partial charge in [0, 0.05) is 11.6 Å². The quantitative estimate of drug-likeness (QED) is 0.336. The Hall–Kier alpha value is -2.26. The Morgan fingerprint density at radius 2 is 1.92 bits per heavy atom. The van der Waals surface area contributed by atoms with Crippen LogP contribution in [0.5, 0.6) is 5.75 Å². The number of nitrogens with one attached hydrogen (secondary N) is 1. The minimum absolute atomic E-state index is 0.241. The summed E-state index contributed by atoms with van der Waals surface area (Å²) in [5, 5.41) is 22.5. The Bertz CT molecular complexity index is 568. The fourth-order valence-electron chi connectivity index (χ4n) is 2.85. The lowest BCUT2D eigenvalue weighted by molar-refractivity contribution is -0.146. The molecule has 0 aliphatic rings. The number of nitrogens with zero attached hydrogens (tertiary/aromatic N) is 1. The van der Waals surface area contributed by atoms with Crippen molar-refractivity contribution < 1.29 is 19.4 Å². The first-order valence-corrected chi connectivity index (χ1v) is 9.22. The van der Waals surface area contributed by atoms with E-state index in [-0.39, 0.29) is 6.61 Å². The lowest BCUT2D eigenvalue weighted by atomic mass is 9.88. The zero-order chi connectivity index (χ0) is 19.4. The number of benzene rings is 1. The predicted molar refractivity (Wildman–Crippen MR) is 101 cm³/mol. The first-order valence-electron chi connectivity index (χ1n) is 9.22. The molecule has 0 amide bonds. The third-order valence-electron chi connectivity index (χ3n) is 4.31. The summed E-state index contributed by atoms with van der Waals surface area (Å²) in [6.45, 7) is 4.10. The van der Waals surface area contributed by atoms with E-state index in [1.54, 1.807) is 38.3 Å². The molecule has 0 saturated carbocycles. The molecule has 3 atom stereocenters. The minimum atomic E-state index is -1.24. The molecule has 0 aliphatic carbocycles. The van der Waals surface area contributed by atoms with Gasteiger partial charge in [-0.05, 0) is 37.6 Å². The van der Waals surface area contributed by atoms with E-state index in [9.17, 15) is 15.2 Å². The van der Waals surface area contributed by atoms with Gasteiger partial charge < -0.3 is 19.9 Å². The second kappa shape index (κ2) is 12.2. The molecule has 0 aromatic heterocycles. The summed E-state index contributed by atoms with van der Waals surface area (Å²) in [4.78, 5) is 12.5. The van der Waals surface area contributed by atoms with Crippen LogP contribution in [0.3, 0.4) is 0 Å². The van der Waals surface area contributed by atoms with Gasteiger partial charge in [0.2, 0.25) is 0 Å². The molecule has 0 fully saturated rings. The van der Waals surface area contributed by atoms with E-state index >= 15 is 0 Å². The van der Waals surface area contributed by atoms with Crippen LogP contribution in [0, 0.1) is 17.2 Å². The third-order valence-corrected chi connectivity index (χ3v) is 4.31. The van der Waals surface area contributed by atoms with Gasteiger partial charge in [-0.2, -0.15) is 5.26 Å². The number of hydrogen-bond acceptors (Lipinski definition) is 6. The van der Waals surface area contributed by atoms with Gasteiger partial charge >= 0.3 is 5.97 Å². The highest BCUT2D eigenvalue weighted by molar-refractivity contribution is 5.80. The van der Waals surface area contributed by atoms with Crippen LogP contribution >= 0.6 is 0 Å². The highest BCUT2D eigenvalue weighted by Crippen LogP contribution is 2.24. The summed E-state index contributed by atoms with van der Waals surface area (Å²) in [6.07, 6.45) is 3.36. The standard InChI is InChI=1S/C20H30N2O4/c1-4-6-7-8-9-17(18(23)14-21)19(20(24)26-5-2)22-15-10-12-16(25-3)13-11-15/h10-13,17-19,22-23H,4-9H2,1-3H3/t17-,18+,19+/m1/s1. The van der Waals surface area contributed by atoms with E-state index in [0.717, 1.165) is 25.7 Å². The van der Waals surface area contributed by atoms with Crippen molar-refractivity contribution in [2.24, 2.45) is 5.92 Å². The van der Waals surface area contributed by atoms with Crippen molar-refractivity contribution in [2.45, 2.75) is 58.1 Å². The lowest BCUT2D eigenvalue weighted by Gasteiger charge is -2.28. The van der Waals surface area contributed by atoms with Crippen LogP contribution in [-0.4, -0.2) is 36.9 Å². The molecule has 1 aromatic rings. The summed E-state index contributed by atoms with van der Waals surface area (Å²) < 4.78 is 10.3. The Morgan fingerprint density at radius 3 is 2.46 bits per heavy atom. The van der Waals surface area contributed by atoms with Crippen LogP contribution in [0.2, 0.25) is 0 Å². The van der Waals surface area contributed by atoms with Crippen LogP contribution < -0.4 is 10.1 Å². The highest BCUT2D eigenvalue weighted by Gasteiger charge is 2.34. The largest absolute Gasteiger partial charge is 0.497 e. The lowest BCUT2D eigenvalue weighted by Crippen LogP contribution is -2.43. The average Bonchev–Trinajstić information content (AvgIpc) is 2.66. The molecule has 1 aromatic carbocycles. The number of anilines is 1. The van der Waals surface area contributed by atoms with Gasteiger partial charge in [-0.15, -0.1) is 0 Å². The number of aliphatic hydroxyl groups is 1. The van der Waals surface area contributed by atoms with E-state index in [2.05, 4.69) is 12.2 Å². The van der Waals surface area contributed by atoms with Crippen molar-refractivity contribution in [3.05, 3.63) is 24.3 Å². The number of methoxy groups -OCH3 is 1. The monoisotopic (exact) mass is 362 g/mol. The summed E-state index contributed by atoms with van der Waals surface area (Å²) >= 11 is 0. The van der Waals surface area contributed by atoms with Crippen molar-refractivity contribution in [3.63, 3.8) is 0 Å². The molecule has 1 rings (SSSR count). The highest BCUT2D eigenvalue weighted by atomic mass is 16.5. The van der Waals surface area contributed by atoms with Gasteiger partial charge in [0.05, 0.1) is 19.8 Å². The molecule has 0 aliphatic heterocycles. The molecular weight excluding hydrogens is 332 g/mol. The summed E-state index contributed by atoms with van der Waals surface area (Å²) in [7, 11) is 1.58. The maximum atomic E-state index is 12.5. The van der Waals surface area contributed by atoms with Crippen molar-refractivity contribution in [1.29, 1.82) is 5.26 Å². The van der Waals surface area contributed by atoms with Gasteiger partial charge in [0.1, 0.15) is 17.9 Å². The number of aliphatic hydroxyl groups excluding tert-OH is 1. The molecule has 144 valence electrons. The van der Waals surface area contributed by atoms with Gasteiger partial charge in [0.15, 0.2) is 0 Å². The Balaban J connectivity index is 2.97. The third kappa shape index (κ3) is 6.93. The molecule has 0 radical (unpaired) electrons. The summed E-state index contributed by atoms with van der Waals surface area (Å²) in [5.74, 6) is -0.299. The zero-order valence-corrected chi connectivity index (χ0v) is 15.9. The molecule has 0 spiro atoms. The second-order valence-corrected chi connectivity index (χ2v) is 6.19. The number of rotatable bonds is 12. The second-order valence-electron chi connectivity index (χ2n) is 6.19. The van der Waals surface area contributed by atoms with E-state index < -0.39 is 24.0 Å². The van der Waals surface area contributed by atoms with Crippen LogP contribution in [-0.2, 0) is 9.53 Å². The van der Waals surface area contributed by atoms with Gasteiger partial charge in [-0.25, -0.2) is 4.79 Å². The number of carbonyl (C=O) groups is 1. The fourth-order valence-corrected chi connectivity index (χ4v) is 2.85. The van der Waals surface area contributed by atoms with Crippen LogP contribution in [0.4, 0.5) is 5.69 Å². The van der Waals surface area contributed by atoms with Crippen molar-refractivity contribution in [2.75, 3.05) is 19.0 Å². The van der Waals surface area contributed by atoms with Gasteiger partial charge in [-0.3, -0.25) is 0 Å². The van der Waals surface area contributed by atoms with Crippen LogP contribution in [0.15, 0.2) is 24.3 Å². The van der Waals surface area contributed by atoms with E-state index in [1.165, 1.54) is 0 Å². The van der Waals surface area contributed by atoms with Crippen molar-refractivity contribution in [1.82, 2.24) is 0 Å². The molecular formula is C20H30N2O4. The average molecular weight is 362 g/mol. The SMILES string of the molecule is CCCCCC[C@@H]([C@H](Nc1ccc(OC)cc1)C(=O)OCC)[C@@H](O)C#N. The molecule has 0 unspecified atom stereocenters. The van der Waals surface area contributed by atoms with E-state index in [0.29, 0.717) is 17.9 Å². The maximum absolute atomic E-state index is 12.5. The normalized spacial score (nSPS) is 14.0. The van der Waals surface area contributed by atoms with E-state index in [1.807, 2.05) is 6.07 Å². The van der Waals surface area contributed by atoms with Gasteiger partial charge in [0.25, 0.3) is 0 Å². The molecule has 0 heterocycles. The van der Waals surface area contributed by atoms with Crippen LogP contribution in [0.1, 0.15) is 46.0 Å². The Kier molecular flexibility index (Phi) is 10.2. The van der Waals surface area contributed by atoms with Crippen LogP contribution in [0.25, 0.3) is 0 Å². The zero-order valence-electron chi connectivity index (χ0n) is 15.9.